The molecule has 1 unspecified atom stereocenters. The molecule has 0 bridgehead atoms. The minimum atomic E-state index is 0.00875. The molecule has 2 fully saturated rings. The van der Waals surface area contributed by atoms with E-state index in [-0.39, 0.29) is 17.2 Å². The van der Waals surface area contributed by atoms with Crippen molar-refractivity contribution in [3.8, 4) is 0 Å². The van der Waals surface area contributed by atoms with Gasteiger partial charge in [-0.3, -0.25) is 14.7 Å². The zero-order chi connectivity index (χ0) is 19.8. The van der Waals surface area contributed by atoms with Crippen LogP contribution in [0.4, 0.5) is 0 Å². The molecule has 0 aliphatic carbocycles. The highest BCUT2D eigenvalue weighted by atomic mass is 16.2. The van der Waals surface area contributed by atoms with Crippen molar-refractivity contribution in [1.82, 2.24) is 29.5 Å². The molecule has 0 saturated carbocycles. The lowest BCUT2D eigenvalue weighted by Gasteiger charge is -2.50. The monoisotopic (exact) mass is 388 g/mol. The molecule has 4 heterocycles. The second-order valence-electron chi connectivity index (χ2n) is 8.25. The van der Waals surface area contributed by atoms with Crippen molar-refractivity contribution >= 4 is 5.91 Å². The van der Waals surface area contributed by atoms with E-state index in [1.807, 2.05) is 34.7 Å². The van der Waals surface area contributed by atoms with E-state index < -0.39 is 0 Å². The average Bonchev–Trinajstić information content (AvgIpc) is 3.31. The van der Waals surface area contributed by atoms with Gasteiger partial charge in [-0.15, -0.1) is 10.2 Å². The van der Waals surface area contributed by atoms with E-state index in [1.54, 1.807) is 18.6 Å². The van der Waals surface area contributed by atoms with Gasteiger partial charge in [0.25, 0.3) is 5.91 Å². The molecule has 2 saturated heterocycles. The van der Waals surface area contributed by atoms with Crippen LogP contribution in [0.2, 0.25) is 0 Å². The molecule has 3 aromatic rings. The van der Waals surface area contributed by atoms with Crippen molar-refractivity contribution < 1.29 is 4.79 Å². The SMILES string of the molecule is Cn1cnnc1C1CN(Cc2ccccc2)CC12CN(C(=O)c1ccccn1)C2. The smallest absolute Gasteiger partial charge is 0.272 e. The van der Waals surface area contributed by atoms with Crippen molar-refractivity contribution in [3.05, 3.63) is 78.1 Å². The number of rotatable bonds is 4. The van der Waals surface area contributed by atoms with Crippen LogP contribution in [0.5, 0.6) is 0 Å². The Morgan fingerprint density at radius 3 is 2.59 bits per heavy atom. The fourth-order valence-corrected chi connectivity index (χ4v) is 4.83. The number of likely N-dealkylation sites (tertiary alicyclic amines) is 2. The van der Waals surface area contributed by atoms with Crippen molar-refractivity contribution in [3.63, 3.8) is 0 Å². The van der Waals surface area contributed by atoms with Gasteiger partial charge in [0.05, 0.1) is 0 Å². The molecule has 2 aliphatic heterocycles. The van der Waals surface area contributed by atoms with Gasteiger partial charge >= 0.3 is 0 Å². The molecular formula is C22H24N6O. The summed E-state index contributed by atoms with van der Waals surface area (Å²) in [6.45, 7) is 4.24. The summed E-state index contributed by atoms with van der Waals surface area (Å²) < 4.78 is 2.02. The number of hydrogen-bond acceptors (Lipinski definition) is 5. The van der Waals surface area contributed by atoms with Crippen LogP contribution in [0, 0.1) is 5.41 Å². The number of pyridine rings is 1. The first kappa shape index (κ1) is 18.0. The lowest BCUT2D eigenvalue weighted by molar-refractivity contribution is 0.000979. The van der Waals surface area contributed by atoms with Crippen molar-refractivity contribution in [2.75, 3.05) is 26.2 Å². The van der Waals surface area contributed by atoms with E-state index in [2.05, 4.69) is 44.3 Å². The topological polar surface area (TPSA) is 67.2 Å². The van der Waals surface area contributed by atoms with E-state index in [1.165, 1.54) is 5.56 Å². The van der Waals surface area contributed by atoms with Crippen LogP contribution in [0.25, 0.3) is 0 Å². The number of aromatic nitrogens is 4. The average molecular weight is 388 g/mol. The second kappa shape index (κ2) is 7.08. The molecule has 2 aromatic heterocycles. The van der Waals surface area contributed by atoms with Crippen molar-refractivity contribution in [2.45, 2.75) is 12.5 Å². The summed E-state index contributed by atoms with van der Waals surface area (Å²) >= 11 is 0. The first-order valence-corrected chi connectivity index (χ1v) is 9.95. The normalized spacial score (nSPS) is 20.7. The van der Waals surface area contributed by atoms with E-state index >= 15 is 0 Å². The number of nitrogens with zero attached hydrogens (tertiary/aromatic N) is 6. The van der Waals surface area contributed by atoms with Crippen LogP contribution >= 0.6 is 0 Å². The highest BCUT2D eigenvalue weighted by Crippen LogP contribution is 2.49. The van der Waals surface area contributed by atoms with Crippen molar-refractivity contribution in [1.29, 1.82) is 0 Å². The molecule has 1 atom stereocenters. The molecule has 29 heavy (non-hydrogen) atoms. The van der Waals surface area contributed by atoms with Crippen LogP contribution in [-0.4, -0.2) is 61.6 Å². The number of benzene rings is 1. The summed E-state index contributed by atoms with van der Waals surface area (Å²) in [6, 6.07) is 16.0. The predicted octanol–water partition coefficient (Wildman–Crippen LogP) is 1.95. The quantitative estimate of drug-likeness (QED) is 0.683. The maximum absolute atomic E-state index is 12.8. The van der Waals surface area contributed by atoms with E-state index in [9.17, 15) is 4.79 Å². The minimum Gasteiger partial charge on any atom is -0.336 e. The Hall–Kier alpha value is -3.06. The summed E-state index contributed by atoms with van der Waals surface area (Å²) in [5, 5.41) is 8.52. The van der Waals surface area contributed by atoms with Gasteiger partial charge in [-0.25, -0.2) is 0 Å². The van der Waals surface area contributed by atoms with Gasteiger partial charge in [-0.1, -0.05) is 36.4 Å². The maximum atomic E-state index is 12.8. The Morgan fingerprint density at radius 2 is 1.90 bits per heavy atom. The van der Waals surface area contributed by atoms with Gasteiger partial charge in [-0.05, 0) is 17.7 Å². The van der Waals surface area contributed by atoms with Crippen LogP contribution in [0.3, 0.4) is 0 Å². The minimum absolute atomic E-state index is 0.00875. The molecule has 1 amide bonds. The maximum Gasteiger partial charge on any atom is 0.272 e. The molecular weight excluding hydrogens is 364 g/mol. The lowest BCUT2D eigenvalue weighted by atomic mass is 9.71. The van der Waals surface area contributed by atoms with Gasteiger partial charge in [0.2, 0.25) is 0 Å². The summed E-state index contributed by atoms with van der Waals surface area (Å²) in [5.41, 5.74) is 1.83. The predicted molar refractivity (Wildman–Crippen MR) is 108 cm³/mol. The van der Waals surface area contributed by atoms with Gasteiger partial charge in [0.15, 0.2) is 0 Å². The van der Waals surface area contributed by atoms with E-state index in [0.29, 0.717) is 5.69 Å². The summed E-state index contributed by atoms with van der Waals surface area (Å²) in [7, 11) is 2.00. The van der Waals surface area contributed by atoms with Gasteiger partial charge < -0.3 is 9.47 Å². The Kier molecular flexibility index (Phi) is 4.39. The van der Waals surface area contributed by atoms with Gasteiger partial charge in [-0.2, -0.15) is 0 Å². The molecule has 5 rings (SSSR count). The number of carbonyl (C=O) groups excluding carboxylic acids is 1. The fourth-order valence-electron chi connectivity index (χ4n) is 4.83. The molecule has 1 aromatic carbocycles. The summed E-state index contributed by atoms with van der Waals surface area (Å²) in [6.07, 6.45) is 3.43. The zero-order valence-electron chi connectivity index (χ0n) is 16.5. The van der Waals surface area contributed by atoms with Crippen LogP contribution < -0.4 is 0 Å². The first-order valence-electron chi connectivity index (χ1n) is 9.95. The van der Waals surface area contributed by atoms with Gasteiger partial charge in [0.1, 0.15) is 17.8 Å². The third-order valence-corrected chi connectivity index (χ3v) is 6.21. The Labute approximate surface area is 170 Å². The standard InChI is InChI=1S/C22H24N6O/c1-26-16-24-25-20(26)18-12-27(11-17-7-3-2-4-8-17)13-22(18)14-28(15-22)21(29)19-9-5-6-10-23-19/h2-10,16,18H,11-15H2,1H3. The zero-order valence-corrected chi connectivity index (χ0v) is 16.5. The van der Waals surface area contributed by atoms with Crippen molar-refractivity contribution in [2.24, 2.45) is 12.5 Å². The Bertz CT molecular complexity index is 996. The fraction of sp³-hybridized carbons (Fsp3) is 0.364. The molecule has 7 heteroatoms. The molecule has 1 spiro atoms. The lowest BCUT2D eigenvalue weighted by Crippen LogP contribution is -2.61. The van der Waals surface area contributed by atoms with Crippen LogP contribution in [0.1, 0.15) is 27.8 Å². The van der Waals surface area contributed by atoms with Crippen LogP contribution in [0.15, 0.2) is 61.1 Å². The Balaban J connectivity index is 1.37. The molecule has 0 N–H and O–H groups in total. The third-order valence-electron chi connectivity index (χ3n) is 6.21. The van der Waals surface area contributed by atoms with Crippen LogP contribution in [-0.2, 0) is 13.6 Å². The summed E-state index contributed by atoms with van der Waals surface area (Å²) in [5.74, 6) is 1.27. The molecule has 7 nitrogen and oxygen atoms in total. The second-order valence-corrected chi connectivity index (χ2v) is 8.25. The number of amides is 1. The number of hydrogen-bond donors (Lipinski definition) is 0. The first-order chi connectivity index (χ1) is 14.1. The van der Waals surface area contributed by atoms with E-state index in [4.69, 9.17) is 0 Å². The van der Waals surface area contributed by atoms with E-state index in [0.717, 1.165) is 38.5 Å². The molecule has 2 aliphatic rings. The Morgan fingerprint density at radius 1 is 1.10 bits per heavy atom. The molecule has 148 valence electrons. The highest BCUT2D eigenvalue weighted by Gasteiger charge is 2.57. The summed E-state index contributed by atoms with van der Waals surface area (Å²) in [4.78, 5) is 21.4. The third kappa shape index (κ3) is 3.21. The molecule has 0 radical (unpaired) electrons. The van der Waals surface area contributed by atoms with Gasteiger partial charge in [0, 0.05) is 57.3 Å². The number of carbonyl (C=O) groups is 1. The largest absolute Gasteiger partial charge is 0.336 e. The highest BCUT2D eigenvalue weighted by molar-refractivity contribution is 5.93. The number of aryl methyl sites for hydroxylation is 1.